The van der Waals surface area contributed by atoms with Gasteiger partial charge in [0.25, 0.3) is 0 Å². The highest BCUT2D eigenvalue weighted by Crippen LogP contribution is 2.29. The fourth-order valence-electron chi connectivity index (χ4n) is 1.59. The lowest BCUT2D eigenvalue weighted by atomic mass is 10.0. The predicted octanol–water partition coefficient (Wildman–Crippen LogP) is 2.73. The molecule has 0 saturated carbocycles. The van der Waals surface area contributed by atoms with E-state index in [4.69, 9.17) is 17.3 Å². The normalized spacial score (nSPS) is 13.1. The van der Waals surface area contributed by atoms with Crippen LogP contribution in [0, 0.1) is 0 Å². The van der Waals surface area contributed by atoms with Crippen LogP contribution in [-0.4, -0.2) is 32.8 Å². The first kappa shape index (κ1) is 19.0. The van der Waals surface area contributed by atoms with Crippen LogP contribution in [0.3, 0.4) is 0 Å². The number of esters is 1. The van der Waals surface area contributed by atoms with Gasteiger partial charge < -0.3 is 15.4 Å². The molecule has 0 fully saturated rings. The van der Waals surface area contributed by atoms with E-state index in [1.807, 2.05) is 19.0 Å². The Morgan fingerprint density at radius 3 is 2.55 bits per heavy atom. The van der Waals surface area contributed by atoms with E-state index in [2.05, 4.69) is 4.74 Å². The fraction of sp³-hybridized carbons (Fsp3) is 0.462. The van der Waals surface area contributed by atoms with Gasteiger partial charge in [0.15, 0.2) is 0 Å². The first-order chi connectivity index (χ1) is 8.88. The van der Waals surface area contributed by atoms with E-state index >= 15 is 0 Å². The summed E-state index contributed by atoms with van der Waals surface area (Å²) in [5, 5.41) is 0.325. The summed E-state index contributed by atoms with van der Waals surface area (Å²) in [7, 11) is 3.73. The minimum absolute atomic E-state index is 0. The summed E-state index contributed by atoms with van der Waals surface area (Å²) in [5.74, 6) is -0.970. The molecule has 0 heterocycles. The number of carbonyl (C=O) groups is 1. The number of hydrogen-bond donors (Lipinski definition) is 1. The van der Waals surface area contributed by atoms with Crippen LogP contribution in [0.4, 0.5) is 10.1 Å². The first-order valence-electron chi connectivity index (χ1n) is 5.91. The molecule has 0 aliphatic heterocycles. The van der Waals surface area contributed by atoms with Crippen LogP contribution < -0.4 is 10.6 Å². The monoisotopic (exact) mass is 324 g/mol. The number of ether oxygens (including phenoxy) is 1. The van der Waals surface area contributed by atoms with Gasteiger partial charge in [-0.25, -0.2) is 9.18 Å². The molecule has 1 rings (SSSR count). The topological polar surface area (TPSA) is 55.6 Å². The van der Waals surface area contributed by atoms with E-state index in [-0.39, 0.29) is 19.0 Å². The Morgan fingerprint density at radius 1 is 1.50 bits per heavy atom. The highest BCUT2D eigenvalue weighted by atomic mass is 35.5. The molecule has 1 aromatic carbocycles. The Hall–Kier alpha value is -1.04. The molecule has 0 bridgehead atoms. The Balaban J connectivity index is 0.00000361. The molecule has 20 heavy (non-hydrogen) atoms. The Morgan fingerprint density at radius 2 is 2.10 bits per heavy atom. The maximum atomic E-state index is 13.8. The van der Waals surface area contributed by atoms with Crippen molar-refractivity contribution in [3.8, 4) is 0 Å². The number of rotatable bonds is 5. The fourth-order valence-corrected chi connectivity index (χ4v) is 1.89. The molecule has 0 aromatic heterocycles. The number of alkyl halides is 1. The second-order valence-corrected chi connectivity index (χ2v) is 4.69. The molecule has 0 saturated heterocycles. The third-order valence-electron chi connectivity index (χ3n) is 2.69. The third-order valence-corrected chi connectivity index (χ3v) is 3.01. The number of carbonyl (C=O) groups excluding carboxylic acids is 1. The van der Waals surface area contributed by atoms with Crippen molar-refractivity contribution in [1.29, 1.82) is 0 Å². The Labute approximate surface area is 129 Å². The summed E-state index contributed by atoms with van der Waals surface area (Å²) in [6.07, 6.45) is -1.93. The zero-order valence-corrected chi connectivity index (χ0v) is 13.2. The lowest BCUT2D eigenvalue weighted by molar-refractivity contribution is -0.149. The summed E-state index contributed by atoms with van der Waals surface area (Å²) in [6, 6.07) is 3.92. The number of nitrogens with zero attached hydrogens (tertiary/aromatic N) is 1. The highest BCUT2D eigenvalue weighted by Gasteiger charge is 2.29. The van der Waals surface area contributed by atoms with Crippen molar-refractivity contribution in [3.63, 3.8) is 0 Å². The van der Waals surface area contributed by atoms with Crippen LogP contribution >= 0.6 is 24.0 Å². The second-order valence-electron chi connectivity index (χ2n) is 4.28. The van der Waals surface area contributed by atoms with Gasteiger partial charge in [-0.3, -0.25) is 0 Å². The van der Waals surface area contributed by atoms with Crippen LogP contribution in [0.1, 0.15) is 18.5 Å². The van der Waals surface area contributed by atoms with Crippen molar-refractivity contribution >= 4 is 35.7 Å². The Bertz CT molecular complexity index is 458. The van der Waals surface area contributed by atoms with Crippen LogP contribution in [0.15, 0.2) is 18.2 Å². The largest absolute Gasteiger partial charge is 0.464 e. The molecule has 114 valence electrons. The number of nitrogens with two attached hydrogens (primary N) is 1. The number of hydrogen-bond acceptors (Lipinski definition) is 4. The summed E-state index contributed by atoms with van der Waals surface area (Å²) < 4.78 is 18.4. The van der Waals surface area contributed by atoms with Crippen LogP contribution in [0.25, 0.3) is 0 Å². The van der Waals surface area contributed by atoms with Gasteiger partial charge >= 0.3 is 5.97 Å². The van der Waals surface area contributed by atoms with Gasteiger partial charge in [-0.15, -0.1) is 12.4 Å². The maximum absolute atomic E-state index is 13.8. The standard InChI is InChI=1S/C13H18ClFN2O2.ClH/c1-4-19-13(18)11(15)12(16)9-6-5-8(17(2)3)7-10(9)14;/h5-7,11-12H,4,16H2,1-3H3;1H/t11?,12-;/m1./s1. The minimum Gasteiger partial charge on any atom is -0.464 e. The van der Waals surface area contributed by atoms with Gasteiger partial charge in [0, 0.05) is 24.8 Å². The summed E-state index contributed by atoms with van der Waals surface area (Å²) in [5.41, 5.74) is 6.97. The van der Waals surface area contributed by atoms with E-state index in [0.717, 1.165) is 5.69 Å². The van der Waals surface area contributed by atoms with Gasteiger partial charge in [-0.2, -0.15) is 0 Å². The van der Waals surface area contributed by atoms with Crippen LogP contribution in [0.2, 0.25) is 5.02 Å². The zero-order chi connectivity index (χ0) is 14.6. The number of benzene rings is 1. The molecular weight excluding hydrogens is 306 g/mol. The quantitative estimate of drug-likeness (QED) is 0.846. The molecule has 0 aliphatic rings. The summed E-state index contributed by atoms with van der Waals surface area (Å²) in [6.45, 7) is 1.72. The third kappa shape index (κ3) is 4.51. The lowest BCUT2D eigenvalue weighted by Crippen LogP contribution is -2.31. The molecule has 2 atom stereocenters. The summed E-state index contributed by atoms with van der Waals surface area (Å²) in [4.78, 5) is 13.2. The molecule has 4 nitrogen and oxygen atoms in total. The molecule has 0 aliphatic carbocycles. The molecule has 0 amide bonds. The van der Waals surface area contributed by atoms with E-state index in [1.54, 1.807) is 25.1 Å². The molecule has 1 unspecified atom stereocenters. The van der Waals surface area contributed by atoms with E-state index in [1.165, 1.54) is 0 Å². The van der Waals surface area contributed by atoms with E-state index in [0.29, 0.717) is 10.6 Å². The molecule has 7 heteroatoms. The van der Waals surface area contributed by atoms with Gasteiger partial charge in [0.1, 0.15) is 0 Å². The molecule has 1 aromatic rings. The average molecular weight is 325 g/mol. The van der Waals surface area contributed by atoms with Crippen LogP contribution in [0.5, 0.6) is 0 Å². The maximum Gasteiger partial charge on any atom is 0.342 e. The van der Waals surface area contributed by atoms with Crippen molar-refractivity contribution in [2.75, 3.05) is 25.6 Å². The lowest BCUT2D eigenvalue weighted by Gasteiger charge is -2.19. The highest BCUT2D eigenvalue weighted by molar-refractivity contribution is 6.31. The van der Waals surface area contributed by atoms with E-state index < -0.39 is 18.2 Å². The van der Waals surface area contributed by atoms with E-state index in [9.17, 15) is 9.18 Å². The zero-order valence-electron chi connectivity index (χ0n) is 11.6. The minimum atomic E-state index is -1.93. The average Bonchev–Trinajstić information content (AvgIpc) is 2.37. The van der Waals surface area contributed by atoms with Gasteiger partial charge in [0.05, 0.1) is 12.6 Å². The molecule has 0 spiro atoms. The molecule has 0 radical (unpaired) electrons. The van der Waals surface area contributed by atoms with Gasteiger partial charge in [-0.1, -0.05) is 17.7 Å². The van der Waals surface area contributed by atoms with Crippen molar-refractivity contribution in [2.45, 2.75) is 19.1 Å². The smallest absolute Gasteiger partial charge is 0.342 e. The van der Waals surface area contributed by atoms with Gasteiger partial charge in [0.2, 0.25) is 6.17 Å². The molecule has 2 N–H and O–H groups in total. The van der Waals surface area contributed by atoms with Crippen LogP contribution in [-0.2, 0) is 9.53 Å². The summed E-state index contributed by atoms with van der Waals surface area (Å²) >= 11 is 6.07. The first-order valence-corrected chi connectivity index (χ1v) is 6.29. The van der Waals surface area contributed by atoms with Crippen molar-refractivity contribution in [2.24, 2.45) is 5.73 Å². The Kier molecular flexibility index (Phi) is 7.86. The van der Waals surface area contributed by atoms with Crippen molar-refractivity contribution in [1.82, 2.24) is 0 Å². The SMILES string of the molecule is CCOC(=O)C(F)[C@H](N)c1ccc(N(C)C)cc1Cl.Cl. The predicted molar refractivity (Wildman–Crippen MR) is 81.5 cm³/mol. The van der Waals surface area contributed by atoms with Gasteiger partial charge in [-0.05, 0) is 24.6 Å². The van der Waals surface area contributed by atoms with Crippen molar-refractivity contribution < 1.29 is 13.9 Å². The second kappa shape index (κ2) is 8.29. The number of anilines is 1. The van der Waals surface area contributed by atoms with Crippen molar-refractivity contribution in [3.05, 3.63) is 28.8 Å². The molecular formula is C13H19Cl2FN2O2. The number of halogens is 3.